The molecule has 3 rings (SSSR count). The Kier molecular flexibility index (Phi) is 7.98. The molecular weight excluding hydrogens is 372 g/mol. The summed E-state index contributed by atoms with van der Waals surface area (Å²) in [6.07, 6.45) is 4.09. The van der Waals surface area contributed by atoms with Gasteiger partial charge in [-0.05, 0) is 36.9 Å². The van der Waals surface area contributed by atoms with Gasteiger partial charge in [0, 0.05) is 24.2 Å². The number of benzene rings is 2. The summed E-state index contributed by atoms with van der Waals surface area (Å²) in [5, 5.41) is 7.52. The molecule has 1 heterocycles. The number of nitrogens with one attached hydrogen (secondary N) is 2. The van der Waals surface area contributed by atoms with Gasteiger partial charge in [-0.3, -0.25) is 9.69 Å². The minimum Gasteiger partial charge on any atom is -0.383 e. The molecule has 0 unspecified atom stereocenters. The minimum atomic E-state index is 0.0616. The van der Waals surface area contributed by atoms with E-state index in [1.807, 2.05) is 42.5 Å². The molecule has 2 N–H and O–H groups in total. The van der Waals surface area contributed by atoms with E-state index < -0.39 is 0 Å². The molecule has 0 radical (unpaired) electrons. The highest BCUT2D eigenvalue weighted by molar-refractivity contribution is 5.92. The first-order valence-electron chi connectivity index (χ1n) is 10.6. The van der Waals surface area contributed by atoms with Gasteiger partial charge >= 0.3 is 0 Å². The van der Waals surface area contributed by atoms with Gasteiger partial charge in [0.1, 0.15) is 0 Å². The van der Waals surface area contributed by atoms with Crippen molar-refractivity contribution in [1.29, 1.82) is 0 Å². The second-order valence-corrected chi connectivity index (χ2v) is 7.09. The van der Waals surface area contributed by atoms with Gasteiger partial charge in [-0.1, -0.05) is 68.5 Å². The van der Waals surface area contributed by atoms with Crippen molar-refractivity contribution in [2.75, 3.05) is 38.0 Å². The number of fused-ring (bicyclic) bond motifs is 1. The number of hydrogen-bond acceptors (Lipinski definition) is 4. The second-order valence-electron chi connectivity index (χ2n) is 7.09. The van der Waals surface area contributed by atoms with Gasteiger partial charge in [-0.25, -0.2) is 4.98 Å². The number of rotatable bonds is 10. The quantitative estimate of drug-likeness (QED) is 0.497. The predicted octanol–water partition coefficient (Wildman–Crippen LogP) is 4.28. The maximum atomic E-state index is 12.1. The summed E-state index contributed by atoms with van der Waals surface area (Å²) < 4.78 is 0. The van der Waals surface area contributed by atoms with E-state index in [0.29, 0.717) is 19.6 Å². The topological polar surface area (TPSA) is 57.3 Å². The molecule has 156 valence electrons. The van der Waals surface area contributed by atoms with E-state index in [1.165, 1.54) is 0 Å². The summed E-state index contributed by atoms with van der Waals surface area (Å²) in [6, 6.07) is 20.3. The fraction of sp³-hybridized carbons (Fsp3) is 0.280. The van der Waals surface area contributed by atoms with Crippen LogP contribution >= 0.6 is 0 Å². The van der Waals surface area contributed by atoms with E-state index in [0.717, 1.165) is 40.9 Å². The van der Waals surface area contributed by atoms with E-state index in [1.54, 1.807) is 0 Å². The third-order valence-corrected chi connectivity index (χ3v) is 5.01. The molecule has 0 atom stereocenters. The number of pyridine rings is 1. The maximum absolute atomic E-state index is 12.1. The Hall–Kier alpha value is -3.18. The zero-order valence-electron chi connectivity index (χ0n) is 17.8. The van der Waals surface area contributed by atoms with Crippen LogP contribution in [0.4, 0.5) is 5.69 Å². The zero-order chi connectivity index (χ0) is 21.2. The molecule has 0 fully saturated rings. The van der Waals surface area contributed by atoms with E-state index in [2.05, 4.69) is 59.7 Å². The molecule has 1 amide bonds. The van der Waals surface area contributed by atoms with E-state index in [-0.39, 0.29) is 5.91 Å². The highest BCUT2D eigenvalue weighted by atomic mass is 16.2. The number of hydrogen-bond donors (Lipinski definition) is 2. The Morgan fingerprint density at radius 3 is 2.47 bits per heavy atom. The third kappa shape index (κ3) is 6.16. The lowest BCUT2D eigenvalue weighted by Gasteiger charge is -2.17. The predicted molar refractivity (Wildman–Crippen MR) is 126 cm³/mol. The van der Waals surface area contributed by atoms with Crippen LogP contribution in [0.3, 0.4) is 0 Å². The average molecular weight is 403 g/mol. The summed E-state index contributed by atoms with van der Waals surface area (Å²) >= 11 is 0. The van der Waals surface area contributed by atoms with Crippen LogP contribution in [0, 0.1) is 0 Å². The van der Waals surface area contributed by atoms with Crippen LogP contribution in [-0.4, -0.2) is 48.5 Å². The van der Waals surface area contributed by atoms with Crippen molar-refractivity contribution in [3.8, 4) is 0 Å². The Labute approximate surface area is 178 Å². The van der Waals surface area contributed by atoms with Gasteiger partial charge < -0.3 is 10.6 Å². The smallest absolute Gasteiger partial charge is 0.234 e. The number of amides is 1. The molecule has 0 aliphatic rings. The first-order chi connectivity index (χ1) is 14.7. The highest BCUT2D eigenvalue weighted by Gasteiger charge is 2.07. The van der Waals surface area contributed by atoms with Crippen LogP contribution in [-0.2, 0) is 4.79 Å². The summed E-state index contributed by atoms with van der Waals surface area (Å²) in [7, 11) is 0. The Balaban J connectivity index is 1.65. The lowest BCUT2D eigenvalue weighted by Crippen LogP contribution is -2.38. The van der Waals surface area contributed by atoms with Crippen molar-refractivity contribution in [2.45, 2.75) is 13.8 Å². The Bertz CT molecular complexity index is 981. The van der Waals surface area contributed by atoms with Gasteiger partial charge in [0.15, 0.2) is 0 Å². The van der Waals surface area contributed by atoms with Gasteiger partial charge in [0.25, 0.3) is 0 Å². The summed E-state index contributed by atoms with van der Waals surface area (Å²) in [4.78, 5) is 18.9. The number of carbonyl (C=O) groups is 1. The van der Waals surface area contributed by atoms with Crippen LogP contribution in [0.15, 0.2) is 60.7 Å². The fourth-order valence-corrected chi connectivity index (χ4v) is 3.28. The normalized spacial score (nSPS) is 11.3. The fourth-order valence-electron chi connectivity index (χ4n) is 3.28. The summed E-state index contributed by atoms with van der Waals surface area (Å²) in [5.41, 5.74) is 4.00. The standard InChI is InChI=1S/C25H30N4O/c1-3-29(4-2)19-25(30)27-17-16-26-24-18-21(15-14-20-10-6-5-7-11-20)28-23-13-9-8-12-22(23)24/h5-15,18H,3-4,16-17,19H2,1-2H3,(H,26,28)(H,27,30)/b15-14+. The number of likely N-dealkylation sites (N-methyl/N-ethyl adjacent to an activating group) is 1. The molecule has 5 nitrogen and oxygen atoms in total. The first-order valence-corrected chi connectivity index (χ1v) is 10.6. The largest absolute Gasteiger partial charge is 0.383 e. The lowest BCUT2D eigenvalue weighted by atomic mass is 10.1. The average Bonchev–Trinajstić information content (AvgIpc) is 2.79. The summed E-state index contributed by atoms with van der Waals surface area (Å²) in [6.45, 7) is 7.56. The molecule has 0 saturated heterocycles. The van der Waals surface area contributed by atoms with Gasteiger partial charge in [-0.15, -0.1) is 0 Å². The number of aromatic nitrogens is 1. The SMILES string of the molecule is CCN(CC)CC(=O)NCCNc1cc(/C=C/c2ccccc2)nc2ccccc12. The van der Waals surface area contributed by atoms with Gasteiger partial charge in [-0.2, -0.15) is 0 Å². The maximum Gasteiger partial charge on any atom is 0.234 e. The number of nitrogens with zero attached hydrogens (tertiary/aromatic N) is 2. The van der Waals surface area contributed by atoms with Gasteiger partial charge in [0.2, 0.25) is 5.91 Å². The molecule has 0 spiro atoms. The van der Waals surface area contributed by atoms with E-state index >= 15 is 0 Å². The molecule has 5 heteroatoms. The molecule has 0 aliphatic carbocycles. The van der Waals surface area contributed by atoms with Crippen molar-refractivity contribution in [1.82, 2.24) is 15.2 Å². The molecule has 0 bridgehead atoms. The molecule has 30 heavy (non-hydrogen) atoms. The van der Waals surface area contributed by atoms with Crippen molar-refractivity contribution in [3.63, 3.8) is 0 Å². The van der Waals surface area contributed by atoms with Crippen LogP contribution in [0.5, 0.6) is 0 Å². The molecular formula is C25H30N4O. The van der Waals surface area contributed by atoms with Crippen LogP contribution in [0.1, 0.15) is 25.1 Å². The van der Waals surface area contributed by atoms with Crippen molar-refractivity contribution in [3.05, 3.63) is 71.9 Å². The summed E-state index contributed by atoms with van der Waals surface area (Å²) in [5.74, 6) is 0.0616. The molecule has 1 aromatic heterocycles. The van der Waals surface area contributed by atoms with Gasteiger partial charge in [0.05, 0.1) is 17.8 Å². The van der Waals surface area contributed by atoms with Crippen molar-refractivity contribution in [2.24, 2.45) is 0 Å². The van der Waals surface area contributed by atoms with Crippen molar-refractivity contribution >= 4 is 34.6 Å². The van der Waals surface area contributed by atoms with Crippen LogP contribution < -0.4 is 10.6 Å². The minimum absolute atomic E-state index is 0.0616. The third-order valence-electron chi connectivity index (χ3n) is 5.01. The van der Waals surface area contributed by atoms with Crippen LogP contribution in [0.25, 0.3) is 23.1 Å². The van der Waals surface area contributed by atoms with E-state index in [4.69, 9.17) is 4.98 Å². The molecule has 0 saturated carbocycles. The Morgan fingerprint density at radius 2 is 1.70 bits per heavy atom. The monoisotopic (exact) mass is 402 g/mol. The van der Waals surface area contributed by atoms with E-state index in [9.17, 15) is 4.79 Å². The second kappa shape index (κ2) is 11.1. The number of anilines is 1. The number of carbonyl (C=O) groups excluding carboxylic acids is 1. The Morgan fingerprint density at radius 1 is 0.967 bits per heavy atom. The number of para-hydroxylation sites is 1. The highest BCUT2D eigenvalue weighted by Crippen LogP contribution is 2.24. The van der Waals surface area contributed by atoms with Crippen molar-refractivity contribution < 1.29 is 4.79 Å². The lowest BCUT2D eigenvalue weighted by molar-refractivity contribution is -0.122. The zero-order valence-corrected chi connectivity index (χ0v) is 17.8. The molecule has 3 aromatic rings. The first kappa shape index (κ1) is 21.5. The molecule has 0 aliphatic heterocycles. The van der Waals surface area contributed by atoms with Crippen LogP contribution in [0.2, 0.25) is 0 Å². The molecule has 2 aromatic carbocycles.